The highest BCUT2D eigenvalue weighted by atomic mass is 35.5. The van der Waals surface area contributed by atoms with E-state index in [1.807, 2.05) is 13.8 Å². The van der Waals surface area contributed by atoms with Crippen molar-refractivity contribution in [3.8, 4) is 0 Å². The lowest BCUT2D eigenvalue weighted by Crippen LogP contribution is -2.19. The van der Waals surface area contributed by atoms with Crippen molar-refractivity contribution < 1.29 is 14.3 Å². The minimum Gasteiger partial charge on any atom is -0.462 e. The molecule has 18 heavy (non-hydrogen) atoms. The van der Waals surface area contributed by atoms with Crippen LogP contribution >= 0.6 is 11.6 Å². The molecule has 0 aliphatic carbocycles. The molecule has 1 N–H and O–H groups in total. The van der Waals surface area contributed by atoms with Gasteiger partial charge in [-0.15, -0.1) is 0 Å². The number of anilines is 1. The summed E-state index contributed by atoms with van der Waals surface area (Å²) in [6, 6.07) is 7.12. The zero-order chi connectivity index (χ0) is 13.4. The van der Waals surface area contributed by atoms with E-state index in [0.29, 0.717) is 11.6 Å². The van der Waals surface area contributed by atoms with E-state index in [0.717, 1.165) is 5.69 Å². The molecule has 0 heterocycles. The van der Waals surface area contributed by atoms with Crippen molar-refractivity contribution in [2.24, 2.45) is 0 Å². The van der Waals surface area contributed by atoms with Crippen LogP contribution in [0, 0.1) is 0 Å². The van der Waals surface area contributed by atoms with Gasteiger partial charge in [0.1, 0.15) is 13.2 Å². The third-order valence-corrected chi connectivity index (χ3v) is 2.33. The zero-order valence-electron chi connectivity index (χ0n) is 10.6. The van der Waals surface area contributed by atoms with Crippen molar-refractivity contribution in [1.29, 1.82) is 0 Å². The summed E-state index contributed by atoms with van der Waals surface area (Å²) in [4.78, 5) is 11.4. The molecule has 0 spiro atoms. The van der Waals surface area contributed by atoms with E-state index in [2.05, 4.69) is 5.32 Å². The standard InChI is InChI=1S/C13H18ClNO3/c1-10(2)17-7-8-18-13(16)9-15-12-5-3-11(14)4-6-12/h3-6,10,15H,7-9H2,1-2H3. The maximum Gasteiger partial charge on any atom is 0.325 e. The first-order chi connectivity index (χ1) is 8.58. The number of rotatable bonds is 7. The average Bonchev–Trinajstić information content (AvgIpc) is 2.34. The predicted molar refractivity (Wildman–Crippen MR) is 72.0 cm³/mol. The van der Waals surface area contributed by atoms with Gasteiger partial charge in [-0.05, 0) is 38.1 Å². The van der Waals surface area contributed by atoms with Gasteiger partial charge in [-0.2, -0.15) is 0 Å². The average molecular weight is 272 g/mol. The minimum absolute atomic E-state index is 0.128. The molecule has 4 nitrogen and oxygen atoms in total. The number of benzene rings is 1. The summed E-state index contributed by atoms with van der Waals surface area (Å²) >= 11 is 5.75. The molecule has 1 aromatic rings. The number of carbonyl (C=O) groups excluding carboxylic acids is 1. The summed E-state index contributed by atoms with van der Waals surface area (Å²) in [5, 5.41) is 3.61. The second kappa shape index (κ2) is 7.95. The SMILES string of the molecule is CC(C)OCCOC(=O)CNc1ccc(Cl)cc1. The molecule has 0 aliphatic rings. The third kappa shape index (κ3) is 6.47. The highest BCUT2D eigenvalue weighted by Crippen LogP contribution is 2.12. The van der Waals surface area contributed by atoms with Crippen LogP contribution < -0.4 is 5.32 Å². The Kier molecular flexibility index (Phi) is 6.54. The van der Waals surface area contributed by atoms with Gasteiger partial charge in [-0.3, -0.25) is 4.79 Å². The zero-order valence-corrected chi connectivity index (χ0v) is 11.4. The molecule has 0 fully saturated rings. The Morgan fingerprint density at radius 2 is 1.94 bits per heavy atom. The van der Waals surface area contributed by atoms with Gasteiger partial charge in [-0.25, -0.2) is 0 Å². The molecule has 0 saturated heterocycles. The molecule has 0 aromatic heterocycles. The lowest BCUT2D eigenvalue weighted by molar-refractivity contribution is -0.143. The number of hydrogen-bond acceptors (Lipinski definition) is 4. The van der Waals surface area contributed by atoms with Crippen LogP contribution in [0.3, 0.4) is 0 Å². The molecule has 0 unspecified atom stereocenters. The Balaban J connectivity index is 2.15. The quantitative estimate of drug-likeness (QED) is 0.612. The molecule has 1 rings (SSSR count). The van der Waals surface area contributed by atoms with Crippen molar-refractivity contribution in [2.45, 2.75) is 20.0 Å². The first-order valence-electron chi connectivity index (χ1n) is 5.84. The number of halogens is 1. The summed E-state index contributed by atoms with van der Waals surface area (Å²) in [7, 11) is 0. The summed E-state index contributed by atoms with van der Waals surface area (Å²) in [6.45, 7) is 4.70. The fraction of sp³-hybridized carbons (Fsp3) is 0.462. The van der Waals surface area contributed by atoms with Crippen LogP contribution in [0.15, 0.2) is 24.3 Å². The Hall–Kier alpha value is -1.26. The lowest BCUT2D eigenvalue weighted by atomic mass is 10.3. The van der Waals surface area contributed by atoms with Crippen LogP contribution in [0.25, 0.3) is 0 Å². The van der Waals surface area contributed by atoms with Gasteiger partial charge in [0, 0.05) is 10.7 Å². The first-order valence-corrected chi connectivity index (χ1v) is 6.22. The summed E-state index contributed by atoms with van der Waals surface area (Å²) in [5.41, 5.74) is 0.829. The van der Waals surface area contributed by atoms with Gasteiger partial charge in [0.25, 0.3) is 0 Å². The van der Waals surface area contributed by atoms with E-state index >= 15 is 0 Å². The Morgan fingerprint density at radius 3 is 2.56 bits per heavy atom. The van der Waals surface area contributed by atoms with Gasteiger partial charge in [-0.1, -0.05) is 11.6 Å². The van der Waals surface area contributed by atoms with E-state index in [-0.39, 0.29) is 25.2 Å². The van der Waals surface area contributed by atoms with E-state index in [4.69, 9.17) is 21.1 Å². The van der Waals surface area contributed by atoms with Crippen molar-refractivity contribution in [3.63, 3.8) is 0 Å². The molecule has 1 aromatic carbocycles. The second-order valence-corrected chi connectivity index (χ2v) is 4.44. The summed E-state index contributed by atoms with van der Waals surface area (Å²) < 4.78 is 10.2. The number of ether oxygens (including phenoxy) is 2. The van der Waals surface area contributed by atoms with Crippen molar-refractivity contribution >= 4 is 23.3 Å². The molecular weight excluding hydrogens is 254 g/mol. The van der Waals surface area contributed by atoms with E-state index in [9.17, 15) is 4.79 Å². The minimum atomic E-state index is -0.308. The number of hydrogen-bond donors (Lipinski definition) is 1. The Morgan fingerprint density at radius 1 is 1.28 bits per heavy atom. The Labute approximate surface area is 112 Å². The summed E-state index contributed by atoms with van der Waals surface area (Å²) in [6.07, 6.45) is 0.149. The second-order valence-electron chi connectivity index (χ2n) is 4.00. The molecule has 5 heteroatoms. The van der Waals surface area contributed by atoms with E-state index in [1.54, 1.807) is 24.3 Å². The molecule has 0 saturated carbocycles. The van der Waals surface area contributed by atoms with Gasteiger partial charge in [0.2, 0.25) is 0 Å². The predicted octanol–water partition coefficient (Wildman–Crippen LogP) is 2.72. The van der Waals surface area contributed by atoms with Crippen molar-refractivity contribution in [3.05, 3.63) is 29.3 Å². The van der Waals surface area contributed by atoms with Gasteiger partial charge >= 0.3 is 5.97 Å². The van der Waals surface area contributed by atoms with Crippen LogP contribution in [0.2, 0.25) is 5.02 Å². The fourth-order valence-electron chi connectivity index (χ4n) is 1.23. The smallest absolute Gasteiger partial charge is 0.325 e. The van der Waals surface area contributed by atoms with Gasteiger partial charge in [0.15, 0.2) is 0 Å². The van der Waals surface area contributed by atoms with E-state index < -0.39 is 0 Å². The van der Waals surface area contributed by atoms with Crippen LogP contribution in [-0.2, 0) is 14.3 Å². The van der Waals surface area contributed by atoms with Crippen molar-refractivity contribution in [2.75, 3.05) is 25.1 Å². The molecule has 0 radical (unpaired) electrons. The normalized spacial score (nSPS) is 10.4. The van der Waals surface area contributed by atoms with Crippen LogP contribution in [0.5, 0.6) is 0 Å². The molecule has 0 atom stereocenters. The van der Waals surface area contributed by atoms with Gasteiger partial charge < -0.3 is 14.8 Å². The first kappa shape index (κ1) is 14.8. The third-order valence-electron chi connectivity index (χ3n) is 2.08. The summed E-state index contributed by atoms with van der Waals surface area (Å²) in [5.74, 6) is -0.308. The number of carbonyl (C=O) groups is 1. The molecule has 100 valence electrons. The monoisotopic (exact) mass is 271 g/mol. The van der Waals surface area contributed by atoms with Crippen LogP contribution in [-0.4, -0.2) is 31.8 Å². The molecular formula is C13H18ClNO3. The lowest BCUT2D eigenvalue weighted by Gasteiger charge is -2.09. The highest BCUT2D eigenvalue weighted by Gasteiger charge is 2.03. The topological polar surface area (TPSA) is 47.6 Å². The fourth-order valence-corrected chi connectivity index (χ4v) is 1.36. The van der Waals surface area contributed by atoms with E-state index in [1.165, 1.54) is 0 Å². The maximum atomic E-state index is 11.4. The largest absolute Gasteiger partial charge is 0.462 e. The van der Waals surface area contributed by atoms with Crippen LogP contribution in [0.4, 0.5) is 5.69 Å². The maximum absolute atomic E-state index is 11.4. The molecule has 0 bridgehead atoms. The van der Waals surface area contributed by atoms with Gasteiger partial charge in [0.05, 0.1) is 12.7 Å². The number of nitrogens with one attached hydrogen (secondary N) is 1. The van der Waals surface area contributed by atoms with Crippen LogP contribution in [0.1, 0.15) is 13.8 Å². The van der Waals surface area contributed by atoms with Crippen molar-refractivity contribution in [1.82, 2.24) is 0 Å². The number of esters is 1. The molecule has 0 amide bonds. The highest BCUT2D eigenvalue weighted by molar-refractivity contribution is 6.30. The molecule has 0 aliphatic heterocycles. The Bertz CT molecular complexity index is 365.